The molecular formula is C26H37N3O3. The normalized spacial score (nSPS) is 21.7. The van der Waals surface area contributed by atoms with Crippen molar-refractivity contribution in [2.45, 2.75) is 102 Å². The van der Waals surface area contributed by atoms with Crippen molar-refractivity contribution in [3.63, 3.8) is 0 Å². The second kappa shape index (κ2) is 11.1. The molecule has 6 heteroatoms. The van der Waals surface area contributed by atoms with Crippen molar-refractivity contribution in [2.24, 2.45) is 0 Å². The van der Waals surface area contributed by atoms with Crippen LogP contribution in [0.15, 0.2) is 18.2 Å². The lowest BCUT2D eigenvalue weighted by Crippen LogP contribution is -2.52. The molecule has 174 valence electrons. The van der Waals surface area contributed by atoms with Gasteiger partial charge in [-0.05, 0) is 62.3 Å². The van der Waals surface area contributed by atoms with Gasteiger partial charge in [0.2, 0.25) is 11.8 Å². The average molecular weight is 440 g/mol. The summed E-state index contributed by atoms with van der Waals surface area (Å²) in [4.78, 5) is 38.3. The largest absolute Gasteiger partial charge is 0.322 e. The summed E-state index contributed by atoms with van der Waals surface area (Å²) in [5, 5.41) is 6.10. The van der Waals surface area contributed by atoms with Gasteiger partial charge in [0.25, 0.3) is 5.91 Å². The monoisotopic (exact) mass is 439 g/mol. The number of carbonyl (C=O) groups is 3. The van der Waals surface area contributed by atoms with Crippen molar-refractivity contribution < 1.29 is 14.4 Å². The molecule has 6 nitrogen and oxygen atoms in total. The molecule has 0 aromatic heterocycles. The molecule has 1 aromatic rings. The minimum Gasteiger partial charge on any atom is -0.322 e. The van der Waals surface area contributed by atoms with Crippen molar-refractivity contribution in [3.05, 3.63) is 34.9 Å². The van der Waals surface area contributed by atoms with Crippen LogP contribution < -0.4 is 10.6 Å². The first-order chi connectivity index (χ1) is 15.6. The van der Waals surface area contributed by atoms with E-state index in [1.165, 1.54) is 63.4 Å². The summed E-state index contributed by atoms with van der Waals surface area (Å²) in [6.07, 6.45) is 14.7. The summed E-state index contributed by atoms with van der Waals surface area (Å²) in [6.45, 7) is 1.62. The molecule has 1 atom stereocenters. The van der Waals surface area contributed by atoms with Crippen molar-refractivity contribution >= 4 is 17.7 Å². The third-order valence-electron chi connectivity index (χ3n) is 7.34. The molecule has 1 aromatic carbocycles. The van der Waals surface area contributed by atoms with Gasteiger partial charge in [-0.15, -0.1) is 0 Å². The first-order valence-electron chi connectivity index (χ1n) is 12.6. The van der Waals surface area contributed by atoms with E-state index in [9.17, 15) is 14.4 Å². The lowest BCUT2D eigenvalue weighted by Gasteiger charge is -2.29. The topological polar surface area (TPSA) is 78.5 Å². The van der Waals surface area contributed by atoms with Crippen LogP contribution in [0.2, 0.25) is 0 Å². The molecule has 1 saturated heterocycles. The zero-order chi connectivity index (χ0) is 22.3. The van der Waals surface area contributed by atoms with Crippen LogP contribution in [-0.4, -0.2) is 41.2 Å². The molecule has 32 heavy (non-hydrogen) atoms. The predicted octanol–water partition coefficient (Wildman–Crippen LogP) is 3.86. The molecule has 3 amide bonds. The Balaban J connectivity index is 1.19. The number of hydrogen-bond acceptors (Lipinski definition) is 4. The van der Waals surface area contributed by atoms with Crippen molar-refractivity contribution in [3.8, 4) is 0 Å². The highest BCUT2D eigenvalue weighted by Crippen LogP contribution is 2.30. The third kappa shape index (κ3) is 5.58. The molecule has 2 N–H and O–H groups in total. The fourth-order valence-electron chi connectivity index (χ4n) is 5.47. The lowest BCUT2D eigenvalue weighted by molar-refractivity contribution is -0.136. The smallest absolute Gasteiger partial charge is 0.255 e. The Morgan fingerprint density at radius 3 is 2.53 bits per heavy atom. The Hall–Kier alpha value is -2.21. The summed E-state index contributed by atoms with van der Waals surface area (Å²) in [5.74, 6) is -0.676. The summed E-state index contributed by atoms with van der Waals surface area (Å²) < 4.78 is 0. The Bertz CT molecular complexity index is 832. The zero-order valence-corrected chi connectivity index (χ0v) is 19.2. The van der Waals surface area contributed by atoms with Crippen LogP contribution in [0.25, 0.3) is 0 Å². The molecule has 2 heterocycles. The number of piperidine rings is 1. The van der Waals surface area contributed by atoms with Gasteiger partial charge in [0, 0.05) is 24.6 Å². The molecule has 2 aliphatic heterocycles. The van der Waals surface area contributed by atoms with E-state index in [0.29, 0.717) is 19.4 Å². The van der Waals surface area contributed by atoms with Gasteiger partial charge in [-0.25, -0.2) is 0 Å². The fraction of sp³-hybridized carbons (Fsp3) is 0.654. The number of hydrogen-bond donors (Lipinski definition) is 2. The number of imide groups is 1. The highest BCUT2D eigenvalue weighted by molar-refractivity contribution is 6.05. The Labute approximate surface area is 191 Å². The molecule has 1 unspecified atom stereocenters. The number of nitrogens with one attached hydrogen (secondary N) is 2. The van der Waals surface area contributed by atoms with Crippen molar-refractivity contribution in [1.82, 2.24) is 15.5 Å². The summed E-state index contributed by atoms with van der Waals surface area (Å²) in [7, 11) is 0. The molecule has 0 radical (unpaired) electrons. The van der Waals surface area contributed by atoms with E-state index in [1.807, 2.05) is 12.1 Å². The molecular weight excluding hydrogens is 402 g/mol. The molecule has 1 aliphatic carbocycles. The van der Waals surface area contributed by atoms with Crippen molar-refractivity contribution in [2.75, 3.05) is 6.54 Å². The van der Waals surface area contributed by atoms with Gasteiger partial charge >= 0.3 is 0 Å². The first kappa shape index (κ1) is 23.0. The van der Waals surface area contributed by atoms with Crippen LogP contribution in [0.1, 0.15) is 98.5 Å². The maximum Gasteiger partial charge on any atom is 0.255 e. The Kier molecular flexibility index (Phi) is 7.95. The second-order valence-corrected chi connectivity index (χ2v) is 9.65. The van der Waals surface area contributed by atoms with E-state index in [0.717, 1.165) is 36.6 Å². The molecule has 1 saturated carbocycles. The van der Waals surface area contributed by atoms with Crippen molar-refractivity contribution in [1.29, 1.82) is 0 Å². The number of rotatable bonds is 10. The summed E-state index contributed by atoms with van der Waals surface area (Å²) >= 11 is 0. The molecule has 0 spiro atoms. The van der Waals surface area contributed by atoms with E-state index in [1.54, 1.807) is 4.90 Å². The number of carbonyl (C=O) groups excluding carboxylic acids is 3. The van der Waals surface area contributed by atoms with Crippen LogP contribution in [0, 0.1) is 0 Å². The van der Waals surface area contributed by atoms with Gasteiger partial charge in [-0.1, -0.05) is 50.7 Å². The highest BCUT2D eigenvalue weighted by Gasteiger charge is 2.39. The van der Waals surface area contributed by atoms with E-state index in [2.05, 4.69) is 16.7 Å². The predicted molar refractivity (Wildman–Crippen MR) is 124 cm³/mol. The SMILES string of the molecule is O=C1CCC(N2Cc3c(CCCCCCCNC4CCCCC4)cccc3C2=O)C(=O)N1. The quantitative estimate of drug-likeness (QED) is 0.429. The van der Waals surface area contributed by atoms with Crippen LogP contribution >= 0.6 is 0 Å². The Morgan fingerprint density at radius 1 is 0.938 bits per heavy atom. The van der Waals surface area contributed by atoms with E-state index < -0.39 is 6.04 Å². The second-order valence-electron chi connectivity index (χ2n) is 9.65. The van der Waals surface area contributed by atoms with Gasteiger partial charge in [-0.2, -0.15) is 0 Å². The van der Waals surface area contributed by atoms with Gasteiger partial charge < -0.3 is 10.2 Å². The maximum atomic E-state index is 12.9. The fourth-order valence-corrected chi connectivity index (χ4v) is 5.47. The highest BCUT2D eigenvalue weighted by atomic mass is 16.2. The number of unbranched alkanes of at least 4 members (excludes halogenated alkanes) is 4. The average Bonchev–Trinajstić information content (AvgIpc) is 3.13. The van der Waals surface area contributed by atoms with E-state index in [4.69, 9.17) is 0 Å². The van der Waals surface area contributed by atoms with Crippen LogP contribution in [0.4, 0.5) is 0 Å². The van der Waals surface area contributed by atoms with Gasteiger partial charge in [-0.3, -0.25) is 19.7 Å². The van der Waals surface area contributed by atoms with E-state index in [-0.39, 0.29) is 17.7 Å². The zero-order valence-electron chi connectivity index (χ0n) is 19.2. The van der Waals surface area contributed by atoms with Crippen LogP contribution in [0.3, 0.4) is 0 Å². The number of benzene rings is 1. The number of nitrogens with zero attached hydrogens (tertiary/aromatic N) is 1. The van der Waals surface area contributed by atoms with Gasteiger partial charge in [0.05, 0.1) is 0 Å². The van der Waals surface area contributed by atoms with Crippen LogP contribution in [0.5, 0.6) is 0 Å². The Morgan fingerprint density at radius 2 is 1.72 bits per heavy atom. The van der Waals surface area contributed by atoms with Crippen LogP contribution in [-0.2, 0) is 22.6 Å². The summed E-state index contributed by atoms with van der Waals surface area (Å²) in [5.41, 5.74) is 3.02. The minimum atomic E-state index is -0.539. The first-order valence-corrected chi connectivity index (χ1v) is 12.6. The van der Waals surface area contributed by atoms with E-state index >= 15 is 0 Å². The standard InChI is InChI=1S/C26H37N3O3/c30-24-16-15-23(25(31)28-24)29-18-22-19(11-9-14-21(22)26(29)32)10-5-2-1-3-8-17-27-20-12-6-4-7-13-20/h9,11,14,20,23,27H,1-8,10,12-13,15-18H2,(H,28,30,31). The molecule has 2 fully saturated rings. The minimum absolute atomic E-state index is 0.0817. The number of fused-ring (bicyclic) bond motifs is 1. The molecule has 3 aliphatic rings. The molecule has 0 bridgehead atoms. The van der Waals surface area contributed by atoms with Gasteiger partial charge in [0.15, 0.2) is 0 Å². The third-order valence-corrected chi connectivity index (χ3v) is 7.34. The van der Waals surface area contributed by atoms with Gasteiger partial charge in [0.1, 0.15) is 6.04 Å². The lowest BCUT2D eigenvalue weighted by atomic mass is 9.95. The number of aryl methyl sites for hydroxylation is 1. The molecule has 4 rings (SSSR count). The number of amides is 3. The summed E-state index contributed by atoms with van der Waals surface area (Å²) in [6, 6.07) is 6.16. The maximum absolute atomic E-state index is 12.9.